The molecule has 0 saturated carbocycles. The highest BCUT2D eigenvalue weighted by atomic mass is 16.5. The molecule has 0 aliphatic rings. The molecule has 132 valence electrons. The number of benzene rings is 2. The lowest BCUT2D eigenvalue weighted by Crippen LogP contribution is -2.52. The molecular weight excluding hydrogens is 318 g/mol. The van der Waals surface area contributed by atoms with Crippen LogP contribution in [0.4, 0.5) is 0 Å². The summed E-state index contributed by atoms with van der Waals surface area (Å²) in [6, 6.07) is 14.3. The number of amides is 1. The Morgan fingerprint density at radius 3 is 2.40 bits per heavy atom. The van der Waals surface area contributed by atoms with E-state index in [4.69, 9.17) is 4.74 Å². The van der Waals surface area contributed by atoms with Gasteiger partial charge in [-0.1, -0.05) is 49.4 Å². The zero-order chi connectivity index (χ0) is 18.4. The number of aliphatic carboxylic acids is 1. The van der Waals surface area contributed by atoms with Crippen molar-refractivity contribution >= 4 is 11.9 Å². The average molecular weight is 341 g/mol. The molecule has 25 heavy (non-hydrogen) atoms. The van der Waals surface area contributed by atoms with Gasteiger partial charge in [0.25, 0.3) is 0 Å². The van der Waals surface area contributed by atoms with Gasteiger partial charge >= 0.3 is 5.97 Å². The first kappa shape index (κ1) is 18.5. The van der Waals surface area contributed by atoms with E-state index in [2.05, 4.69) is 5.32 Å². The Hall–Kier alpha value is -2.82. The van der Waals surface area contributed by atoms with E-state index in [0.29, 0.717) is 11.3 Å². The molecule has 2 rings (SSSR count). The smallest absolute Gasteiger partial charge is 0.334 e. The maximum Gasteiger partial charge on any atom is 0.334 e. The van der Waals surface area contributed by atoms with Crippen LogP contribution in [0.3, 0.4) is 0 Å². The number of ether oxygens (including phenoxy) is 1. The molecule has 0 aromatic heterocycles. The maximum atomic E-state index is 12.5. The van der Waals surface area contributed by atoms with Gasteiger partial charge in [-0.2, -0.15) is 0 Å². The van der Waals surface area contributed by atoms with Crippen molar-refractivity contribution < 1.29 is 19.4 Å². The lowest BCUT2D eigenvalue weighted by molar-refractivity contribution is -0.148. The van der Waals surface area contributed by atoms with Crippen LogP contribution >= 0.6 is 0 Å². The fraction of sp³-hybridized carbons (Fsp3) is 0.300. The normalized spacial score (nSPS) is 12.9. The molecule has 5 nitrogen and oxygen atoms in total. The molecule has 0 aliphatic heterocycles. The largest absolute Gasteiger partial charge is 0.496 e. The van der Waals surface area contributed by atoms with E-state index >= 15 is 0 Å². The lowest BCUT2D eigenvalue weighted by Gasteiger charge is -2.30. The number of rotatable bonds is 7. The predicted molar refractivity (Wildman–Crippen MR) is 95.6 cm³/mol. The number of carbonyl (C=O) groups is 2. The van der Waals surface area contributed by atoms with Crippen LogP contribution in [0.15, 0.2) is 48.5 Å². The summed E-state index contributed by atoms with van der Waals surface area (Å²) < 4.78 is 5.27. The van der Waals surface area contributed by atoms with E-state index in [0.717, 1.165) is 11.1 Å². The molecule has 0 spiro atoms. The van der Waals surface area contributed by atoms with Gasteiger partial charge in [0.15, 0.2) is 5.54 Å². The van der Waals surface area contributed by atoms with Crippen molar-refractivity contribution in [1.82, 2.24) is 5.32 Å². The number of carboxylic acids is 1. The van der Waals surface area contributed by atoms with Crippen molar-refractivity contribution in [3.8, 4) is 5.75 Å². The molecule has 2 aromatic carbocycles. The summed E-state index contributed by atoms with van der Waals surface area (Å²) in [7, 11) is 1.58. The number of carbonyl (C=O) groups excluding carboxylic acids is 1. The van der Waals surface area contributed by atoms with Gasteiger partial charge in [0.2, 0.25) is 5.91 Å². The van der Waals surface area contributed by atoms with Gasteiger partial charge in [-0.3, -0.25) is 4.79 Å². The Kier molecular flexibility index (Phi) is 5.80. The van der Waals surface area contributed by atoms with Crippen LogP contribution in [-0.4, -0.2) is 24.1 Å². The Morgan fingerprint density at radius 1 is 1.16 bits per heavy atom. The Labute approximate surface area is 147 Å². The van der Waals surface area contributed by atoms with E-state index in [9.17, 15) is 14.7 Å². The number of aryl methyl sites for hydroxylation is 1. The molecule has 0 aliphatic carbocycles. The third-order valence-corrected chi connectivity index (χ3v) is 4.35. The fourth-order valence-electron chi connectivity index (χ4n) is 2.86. The summed E-state index contributed by atoms with van der Waals surface area (Å²) in [5.74, 6) is -0.719. The zero-order valence-corrected chi connectivity index (χ0v) is 14.7. The second-order valence-corrected chi connectivity index (χ2v) is 5.96. The molecule has 1 unspecified atom stereocenters. The van der Waals surface area contributed by atoms with Crippen molar-refractivity contribution in [2.45, 2.75) is 32.2 Å². The highest BCUT2D eigenvalue weighted by Crippen LogP contribution is 2.26. The molecule has 0 saturated heterocycles. The first-order valence-corrected chi connectivity index (χ1v) is 8.16. The van der Waals surface area contributed by atoms with Gasteiger partial charge < -0.3 is 15.2 Å². The number of hydrogen-bond acceptors (Lipinski definition) is 3. The Morgan fingerprint density at radius 2 is 1.84 bits per heavy atom. The average Bonchev–Trinajstić information content (AvgIpc) is 2.61. The van der Waals surface area contributed by atoms with Gasteiger partial charge in [-0.05, 0) is 36.1 Å². The third-order valence-electron chi connectivity index (χ3n) is 4.35. The molecular formula is C20H23NO4. The van der Waals surface area contributed by atoms with Gasteiger partial charge in [0.1, 0.15) is 5.75 Å². The second kappa shape index (κ2) is 7.83. The van der Waals surface area contributed by atoms with Crippen molar-refractivity contribution in [2.24, 2.45) is 0 Å². The number of hydrogen-bond donors (Lipinski definition) is 2. The molecule has 2 N–H and O–H groups in total. The molecule has 2 aromatic rings. The van der Waals surface area contributed by atoms with Crippen molar-refractivity contribution in [3.05, 3.63) is 65.2 Å². The Bertz CT molecular complexity index is 758. The third kappa shape index (κ3) is 3.99. The summed E-state index contributed by atoms with van der Waals surface area (Å²) >= 11 is 0. The van der Waals surface area contributed by atoms with Crippen molar-refractivity contribution in [3.63, 3.8) is 0 Å². The SMILES string of the molecule is CCC(NC(=O)Cc1ccc(C)c(OC)c1)(C(=O)O)c1ccccc1. The summed E-state index contributed by atoms with van der Waals surface area (Å²) in [5.41, 5.74) is 0.861. The minimum absolute atomic E-state index is 0.0818. The predicted octanol–water partition coefficient (Wildman–Crippen LogP) is 3.05. The van der Waals surface area contributed by atoms with Gasteiger partial charge in [0, 0.05) is 0 Å². The van der Waals surface area contributed by atoms with Crippen LogP contribution < -0.4 is 10.1 Å². The van der Waals surface area contributed by atoms with E-state index < -0.39 is 11.5 Å². The minimum atomic E-state index is -1.44. The number of methoxy groups -OCH3 is 1. The van der Waals surface area contributed by atoms with Crippen LogP contribution in [-0.2, 0) is 21.5 Å². The van der Waals surface area contributed by atoms with Gasteiger partial charge in [-0.25, -0.2) is 4.79 Å². The quantitative estimate of drug-likeness (QED) is 0.811. The van der Waals surface area contributed by atoms with Crippen LogP contribution in [0.25, 0.3) is 0 Å². The molecule has 5 heteroatoms. The van der Waals surface area contributed by atoms with Crippen LogP contribution in [0, 0.1) is 6.92 Å². The molecule has 0 heterocycles. The fourth-order valence-corrected chi connectivity index (χ4v) is 2.86. The summed E-state index contributed by atoms with van der Waals surface area (Å²) in [4.78, 5) is 24.5. The molecule has 0 fully saturated rings. The van der Waals surface area contributed by atoms with Crippen molar-refractivity contribution in [1.29, 1.82) is 0 Å². The number of carboxylic acid groups (broad SMARTS) is 1. The first-order chi connectivity index (χ1) is 11.9. The van der Waals surface area contributed by atoms with Gasteiger partial charge in [-0.15, -0.1) is 0 Å². The summed E-state index contributed by atoms with van der Waals surface area (Å²) in [6.07, 6.45) is 0.327. The second-order valence-electron chi connectivity index (χ2n) is 5.96. The summed E-state index contributed by atoms with van der Waals surface area (Å²) in [5, 5.41) is 12.5. The highest BCUT2D eigenvalue weighted by Gasteiger charge is 2.40. The van der Waals surface area contributed by atoms with E-state index in [1.54, 1.807) is 44.4 Å². The highest BCUT2D eigenvalue weighted by molar-refractivity contribution is 5.89. The van der Waals surface area contributed by atoms with Crippen LogP contribution in [0.1, 0.15) is 30.0 Å². The zero-order valence-electron chi connectivity index (χ0n) is 14.7. The van der Waals surface area contributed by atoms with Gasteiger partial charge in [0.05, 0.1) is 13.5 Å². The maximum absolute atomic E-state index is 12.5. The molecule has 1 amide bonds. The monoisotopic (exact) mass is 341 g/mol. The van der Waals surface area contributed by atoms with Crippen LogP contribution in [0.2, 0.25) is 0 Å². The number of nitrogens with one attached hydrogen (secondary N) is 1. The minimum Gasteiger partial charge on any atom is -0.496 e. The molecule has 1 atom stereocenters. The Balaban J connectivity index is 2.25. The first-order valence-electron chi connectivity index (χ1n) is 8.16. The lowest BCUT2D eigenvalue weighted by atomic mass is 9.87. The topological polar surface area (TPSA) is 75.6 Å². The van der Waals surface area contributed by atoms with E-state index in [1.807, 2.05) is 25.1 Å². The standard InChI is InChI=1S/C20H23NO4/c1-4-20(19(23)24,16-8-6-5-7-9-16)21-18(22)13-15-11-10-14(2)17(12-15)25-3/h5-12H,4,13H2,1-3H3,(H,21,22)(H,23,24). The molecule has 0 bridgehead atoms. The molecule has 0 radical (unpaired) electrons. The van der Waals surface area contributed by atoms with Crippen molar-refractivity contribution in [2.75, 3.05) is 7.11 Å². The summed E-state index contributed by atoms with van der Waals surface area (Å²) in [6.45, 7) is 3.67. The van der Waals surface area contributed by atoms with Crippen LogP contribution in [0.5, 0.6) is 5.75 Å². The van der Waals surface area contributed by atoms with E-state index in [-0.39, 0.29) is 18.7 Å². The van der Waals surface area contributed by atoms with E-state index in [1.165, 1.54) is 0 Å².